The van der Waals surface area contributed by atoms with Gasteiger partial charge in [0.1, 0.15) is 0 Å². The quantitative estimate of drug-likeness (QED) is 0.372. The Labute approximate surface area is 202 Å². The van der Waals surface area contributed by atoms with Gasteiger partial charge in [0.25, 0.3) is 0 Å². The summed E-state index contributed by atoms with van der Waals surface area (Å²) in [5.41, 5.74) is 10.4. The van der Waals surface area contributed by atoms with Crippen molar-refractivity contribution in [1.29, 1.82) is 0 Å². The Bertz CT molecular complexity index is 1390. The average molecular weight is 470 g/mol. The van der Waals surface area contributed by atoms with Crippen molar-refractivity contribution in [2.75, 3.05) is 5.32 Å². The molecule has 3 N–H and O–H groups in total. The minimum absolute atomic E-state index is 0.307. The van der Waals surface area contributed by atoms with Gasteiger partial charge in [0, 0.05) is 36.2 Å². The van der Waals surface area contributed by atoms with Crippen LogP contribution in [0.15, 0.2) is 61.3 Å². The third-order valence-electron chi connectivity index (χ3n) is 6.49. The zero-order valence-electron chi connectivity index (χ0n) is 19.3. The summed E-state index contributed by atoms with van der Waals surface area (Å²) >= 11 is 0. The number of nitrogens with one attached hydrogen (secondary N) is 1. The molecule has 0 atom stereocenters. The van der Waals surface area contributed by atoms with Gasteiger partial charge in [-0.2, -0.15) is 19.9 Å². The Kier molecular flexibility index (Phi) is 5.67. The predicted octanol–water partition coefficient (Wildman–Crippen LogP) is 2.65. The summed E-state index contributed by atoms with van der Waals surface area (Å²) in [7, 11) is 0. The highest BCUT2D eigenvalue weighted by Gasteiger charge is 2.19. The van der Waals surface area contributed by atoms with Crippen molar-refractivity contribution in [2.45, 2.75) is 50.9 Å². The summed E-state index contributed by atoms with van der Waals surface area (Å²) in [6.45, 7) is 1.54. The number of hydrogen-bond donors (Lipinski definition) is 2. The van der Waals surface area contributed by atoms with Crippen LogP contribution in [0.3, 0.4) is 0 Å². The molecule has 0 amide bonds. The van der Waals surface area contributed by atoms with Crippen molar-refractivity contribution in [1.82, 2.24) is 44.5 Å². The summed E-state index contributed by atoms with van der Waals surface area (Å²) in [5, 5.41) is 20.7. The second-order valence-electron chi connectivity index (χ2n) is 8.97. The Morgan fingerprint density at radius 3 is 2.57 bits per heavy atom. The van der Waals surface area contributed by atoms with Crippen LogP contribution in [-0.4, -0.2) is 56.6 Å². The van der Waals surface area contributed by atoms with E-state index in [0.29, 0.717) is 29.2 Å². The van der Waals surface area contributed by atoms with Crippen LogP contribution in [0, 0.1) is 0 Å². The lowest BCUT2D eigenvalue weighted by Gasteiger charge is -2.26. The molecule has 0 radical (unpaired) electrons. The van der Waals surface area contributed by atoms with Gasteiger partial charge in [-0.3, -0.25) is 9.36 Å². The molecule has 5 aromatic rings. The van der Waals surface area contributed by atoms with Gasteiger partial charge in [-0.1, -0.05) is 17.3 Å². The molecule has 1 saturated carbocycles. The molecule has 1 aliphatic carbocycles. The zero-order chi connectivity index (χ0) is 23.6. The standard InChI is InChI=1S/C24H27N11/c25-19-4-6-20(7-5-19)29-24-26-15-22-23(30-24)35(32-31-22)21-8-2-17(3-9-21)18-14-28-34(16-18)13-12-33-11-1-10-27-33/h1-3,8-11,14-16,19-20H,4-7,12-13,25H2,(H,26,29,30)/t19-,20-. The van der Waals surface area contributed by atoms with Crippen LogP contribution in [-0.2, 0) is 13.1 Å². The van der Waals surface area contributed by atoms with Crippen LogP contribution in [0.2, 0.25) is 0 Å². The molecule has 11 heteroatoms. The number of aryl methyl sites for hydroxylation is 2. The molecule has 0 unspecified atom stereocenters. The van der Waals surface area contributed by atoms with Crippen LogP contribution in [0.25, 0.3) is 28.0 Å². The Morgan fingerprint density at radius 1 is 0.943 bits per heavy atom. The first kappa shape index (κ1) is 21.4. The highest BCUT2D eigenvalue weighted by molar-refractivity contribution is 5.72. The van der Waals surface area contributed by atoms with Crippen molar-refractivity contribution >= 4 is 17.1 Å². The van der Waals surface area contributed by atoms with E-state index >= 15 is 0 Å². The topological polar surface area (TPSA) is 130 Å². The van der Waals surface area contributed by atoms with Crippen LogP contribution >= 0.6 is 0 Å². The first-order chi connectivity index (χ1) is 17.2. The van der Waals surface area contributed by atoms with E-state index in [9.17, 15) is 0 Å². The fourth-order valence-corrected chi connectivity index (χ4v) is 4.49. The maximum absolute atomic E-state index is 6.03. The largest absolute Gasteiger partial charge is 0.351 e. The highest BCUT2D eigenvalue weighted by atomic mass is 15.4. The fraction of sp³-hybridized carbons (Fsp3) is 0.333. The number of nitrogens with zero attached hydrogens (tertiary/aromatic N) is 9. The fourth-order valence-electron chi connectivity index (χ4n) is 4.49. The van der Waals surface area contributed by atoms with Gasteiger partial charge in [-0.25, -0.2) is 4.98 Å². The van der Waals surface area contributed by atoms with E-state index in [0.717, 1.165) is 55.6 Å². The molecule has 11 nitrogen and oxygen atoms in total. The van der Waals surface area contributed by atoms with Crippen molar-refractivity contribution in [3.05, 3.63) is 61.3 Å². The number of fused-ring (bicyclic) bond motifs is 1. The summed E-state index contributed by atoms with van der Waals surface area (Å²) in [4.78, 5) is 9.14. The van der Waals surface area contributed by atoms with Crippen LogP contribution < -0.4 is 11.1 Å². The van der Waals surface area contributed by atoms with Crippen molar-refractivity contribution in [3.8, 4) is 16.8 Å². The van der Waals surface area contributed by atoms with Gasteiger partial charge in [-0.05, 0) is 49.4 Å². The van der Waals surface area contributed by atoms with E-state index in [1.165, 1.54) is 0 Å². The molecule has 4 heterocycles. The first-order valence-electron chi connectivity index (χ1n) is 11.9. The molecular formula is C24H27N11. The molecule has 1 aromatic carbocycles. The molecule has 6 rings (SSSR count). The van der Waals surface area contributed by atoms with Crippen LogP contribution in [0.5, 0.6) is 0 Å². The highest BCUT2D eigenvalue weighted by Crippen LogP contribution is 2.23. The van der Waals surface area contributed by atoms with Crippen LogP contribution in [0.1, 0.15) is 25.7 Å². The van der Waals surface area contributed by atoms with Crippen molar-refractivity contribution in [2.24, 2.45) is 5.73 Å². The smallest absolute Gasteiger partial charge is 0.225 e. The van der Waals surface area contributed by atoms with Gasteiger partial charge in [-0.15, -0.1) is 5.10 Å². The number of benzene rings is 1. The summed E-state index contributed by atoms with van der Waals surface area (Å²) in [6, 6.07) is 10.7. The summed E-state index contributed by atoms with van der Waals surface area (Å²) < 4.78 is 5.57. The maximum atomic E-state index is 6.03. The third-order valence-corrected chi connectivity index (χ3v) is 6.49. The lowest BCUT2D eigenvalue weighted by molar-refractivity contribution is 0.410. The molecule has 4 aromatic heterocycles. The molecule has 1 fully saturated rings. The van der Waals surface area contributed by atoms with Crippen molar-refractivity contribution < 1.29 is 0 Å². The van der Waals surface area contributed by atoms with E-state index in [2.05, 4.69) is 42.9 Å². The van der Waals surface area contributed by atoms with Gasteiger partial charge in [0.05, 0.1) is 31.2 Å². The summed E-state index contributed by atoms with van der Waals surface area (Å²) in [6.07, 6.45) is 13.5. The molecule has 0 bridgehead atoms. The molecule has 35 heavy (non-hydrogen) atoms. The first-order valence-corrected chi connectivity index (χ1v) is 11.9. The van der Waals surface area contributed by atoms with E-state index in [1.807, 2.05) is 46.2 Å². The van der Waals surface area contributed by atoms with E-state index < -0.39 is 0 Å². The van der Waals surface area contributed by atoms with Crippen molar-refractivity contribution in [3.63, 3.8) is 0 Å². The lowest BCUT2D eigenvalue weighted by atomic mass is 9.92. The normalized spacial score (nSPS) is 18.2. The zero-order valence-corrected chi connectivity index (χ0v) is 19.3. The van der Waals surface area contributed by atoms with Gasteiger partial charge in [0.15, 0.2) is 11.2 Å². The number of nitrogens with two attached hydrogens (primary N) is 1. The minimum Gasteiger partial charge on any atom is -0.351 e. The molecule has 0 aliphatic heterocycles. The molecule has 178 valence electrons. The molecule has 0 saturated heterocycles. The molecular weight excluding hydrogens is 442 g/mol. The van der Waals surface area contributed by atoms with E-state index in [4.69, 9.17) is 10.7 Å². The monoisotopic (exact) mass is 469 g/mol. The number of rotatable bonds is 7. The maximum Gasteiger partial charge on any atom is 0.225 e. The third kappa shape index (κ3) is 4.62. The Hall–Kier alpha value is -4.12. The predicted molar refractivity (Wildman–Crippen MR) is 132 cm³/mol. The Morgan fingerprint density at radius 2 is 1.77 bits per heavy atom. The SMILES string of the molecule is N[C@H]1CC[C@H](Nc2ncc3nnn(-c4ccc(-c5cnn(CCn6cccn6)c5)cc4)c3n2)CC1. The van der Waals surface area contributed by atoms with E-state index in [1.54, 1.807) is 17.1 Å². The number of anilines is 1. The minimum atomic E-state index is 0.307. The van der Waals surface area contributed by atoms with Crippen LogP contribution in [0.4, 0.5) is 5.95 Å². The Balaban J connectivity index is 1.18. The van der Waals surface area contributed by atoms with Gasteiger partial charge >= 0.3 is 0 Å². The van der Waals surface area contributed by atoms with E-state index in [-0.39, 0.29) is 0 Å². The second-order valence-corrected chi connectivity index (χ2v) is 8.97. The number of aromatic nitrogens is 9. The molecule has 0 spiro atoms. The van der Waals surface area contributed by atoms with Gasteiger partial charge in [0.2, 0.25) is 5.95 Å². The second kappa shape index (κ2) is 9.26. The van der Waals surface area contributed by atoms with Gasteiger partial charge < -0.3 is 11.1 Å². The lowest BCUT2D eigenvalue weighted by Crippen LogP contribution is -2.33. The molecule has 1 aliphatic rings. The average Bonchev–Trinajstić information content (AvgIpc) is 3.65. The number of hydrogen-bond acceptors (Lipinski definition) is 8. The summed E-state index contributed by atoms with van der Waals surface area (Å²) in [5.74, 6) is 0.598.